The van der Waals surface area contributed by atoms with Crippen molar-refractivity contribution >= 4 is 23.4 Å². The van der Waals surface area contributed by atoms with Crippen molar-refractivity contribution in [2.45, 2.75) is 25.1 Å². The molecular formula is C16H17ClF3N5. The normalized spacial score (nSPS) is 17.2. The van der Waals surface area contributed by atoms with Gasteiger partial charge < -0.3 is 15.6 Å². The highest BCUT2D eigenvalue weighted by Crippen LogP contribution is 2.35. The van der Waals surface area contributed by atoms with Gasteiger partial charge in [0.1, 0.15) is 16.8 Å². The second-order valence-electron chi connectivity index (χ2n) is 5.82. The number of likely N-dealkylation sites (tertiary alicyclic amines) is 1. The summed E-state index contributed by atoms with van der Waals surface area (Å²) in [5, 5.41) is 19.0. The molecule has 0 amide bonds. The first-order valence-corrected chi connectivity index (χ1v) is 7.97. The maximum Gasteiger partial charge on any atom is 0.417 e. The molecule has 1 fully saturated rings. The van der Waals surface area contributed by atoms with Crippen molar-refractivity contribution < 1.29 is 13.2 Å². The molecule has 9 heteroatoms. The standard InChI is InChI=1S/C16H17ClF3N5/c1-25-4-2-11(3-5-25)23-9-10(7-21)14-6-13(16(18,19)20)12(8-22)15(17)24-14/h6-7,9,11,21,23H,2-5H2,1H3/b10-9+,21-7?. The number of alkyl halides is 3. The molecule has 2 N–H and O–H groups in total. The molecule has 0 unspecified atom stereocenters. The quantitative estimate of drug-likeness (QED) is 0.629. The lowest BCUT2D eigenvalue weighted by molar-refractivity contribution is -0.137. The van der Waals surface area contributed by atoms with Crippen LogP contribution in [0.4, 0.5) is 13.2 Å². The van der Waals surface area contributed by atoms with Crippen LogP contribution in [0.1, 0.15) is 29.7 Å². The summed E-state index contributed by atoms with van der Waals surface area (Å²) in [6, 6.07) is 2.36. The minimum absolute atomic E-state index is 0.105. The number of hydrogen-bond donors (Lipinski definition) is 2. The monoisotopic (exact) mass is 371 g/mol. The molecular weight excluding hydrogens is 355 g/mol. The highest BCUT2D eigenvalue weighted by molar-refractivity contribution is 6.30. The first-order chi connectivity index (χ1) is 11.8. The molecule has 0 spiro atoms. The van der Waals surface area contributed by atoms with Gasteiger partial charge in [0.15, 0.2) is 0 Å². The predicted octanol–water partition coefficient (Wildman–Crippen LogP) is 3.30. The summed E-state index contributed by atoms with van der Waals surface area (Å²) in [6.45, 7) is 1.84. The molecule has 1 saturated heterocycles. The Kier molecular flexibility index (Phi) is 6.03. The van der Waals surface area contributed by atoms with Crippen molar-refractivity contribution in [1.29, 1.82) is 10.7 Å². The molecule has 0 aromatic carbocycles. The van der Waals surface area contributed by atoms with E-state index >= 15 is 0 Å². The Morgan fingerprint density at radius 2 is 2.12 bits per heavy atom. The molecule has 0 radical (unpaired) electrons. The van der Waals surface area contributed by atoms with Crippen molar-refractivity contribution in [3.05, 3.63) is 34.2 Å². The van der Waals surface area contributed by atoms with Gasteiger partial charge in [0.2, 0.25) is 0 Å². The van der Waals surface area contributed by atoms with E-state index in [2.05, 4.69) is 15.2 Å². The van der Waals surface area contributed by atoms with Crippen LogP contribution in [0.15, 0.2) is 12.3 Å². The number of aromatic nitrogens is 1. The van der Waals surface area contributed by atoms with Crippen LogP contribution in [-0.4, -0.2) is 42.3 Å². The zero-order chi connectivity index (χ0) is 18.6. The Bertz CT molecular complexity index is 716. The Morgan fingerprint density at radius 3 is 2.64 bits per heavy atom. The molecule has 25 heavy (non-hydrogen) atoms. The lowest BCUT2D eigenvalue weighted by Gasteiger charge is -2.29. The van der Waals surface area contributed by atoms with Gasteiger partial charge in [0, 0.05) is 24.0 Å². The number of nitrogens with one attached hydrogen (secondary N) is 2. The molecule has 1 aromatic heterocycles. The van der Waals surface area contributed by atoms with Crippen LogP contribution < -0.4 is 5.32 Å². The molecule has 2 heterocycles. The van der Waals surface area contributed by atoms with Crippen molar-refractivity contribution in [2.24, 2.45) is 0 Å². The molecule has 2 rings (SSSR count). The SMILES string of the molecule is CN1CCC(N/C=C(\C=N)c2cc(C(F)(F)F)c(C#N)c(Cl)n2)CC1. The Hall–Kier alpha value is -2.11. The highest BCUT2D eigenvalue weighted by atomic mass is 35.5. The molecule has 0 aliphatic carbocycles. The molecule has 1 aliphatic heterocycles. The van der Waals surface area contributed by atoms with Crippen molar-refractivity contribution in [3.8, 4) is 6.07 Å². The lowest BCUT2D eigenvalue weighted by Crippen LogP contribution is -2.38. The summed E-state index contributed by atoms with van der Waals surface area (Å²) in [6.07, 6.45) is -0.553. The van der Waals surface area contributed by atoms with Crippen LogP contribution in [0.2, 0.25) is 5.15 Å². The second kappa shape index (κ2) is 7.85. The van der Waals surface area contributed by atoms with Crippen LogP contribution in [-0.2, 0) is 6.18 Å². The fraction of sp³-hybridized carbons (Fsp3) is 0.438. The van der Waals surface area contributed by atoms with E-state index in [4.69, 9.17) is 22.3 Å². The fourth-order valence-electron chi connectivity index (χ4n) is 2.56. The Morgan fingerprint density at radius 1 is 1.48 bits per heavy atom. The van der Waals surface area contributed by atoms with Crippen LogP contribution >= 0.6 is 11.6 Å². The largest absolute Gasteiger partial charge is 0.417 e. The van der Waals surface area contributed by atoms with E-state index < -0.39 is 22.5 Å². The first-order valence-electron chi connectivity index (χ1n) is 7.59. The summed E-state index contributed by atoms with van der Waals surface area (Å²) in [4.78, 5) is 6.03. The number of piperidine rings is 1. The minimum atomic E-state index is -4.74. The lowest BCUT2D eigenvalue weighted by atomic mass is 10.0. The molecule has 0 bridgehead atoms. The smallest absolute Gasteiger partial charge is 0.387 e. The fourth-order valence-corrected chi connectivity index (χ4v) is 2.80. The van der Waals surface area contributed by atoms with Gasteiger partial charge in [0.05, 0.1) is 11.3 Å². The van der Waals surface area contributed by atoms with Crippen LogP contribution in [0.25, 0.3) is 5.57 Å². The number of halogens is 4. The van der Waals surface area contributed by atoms with E-state index in [1.54, 1.807) is 0 Å². The third-order valence-corrected chi connectivity index (χ3v) is 4.31. The average Bonchev–Trinajstić information content (AvgIpc) is 2.55. The van der Waals surface area contributed by atoms with Crippen molar-refractivity contribution in [3.63, 3.8) is 0 Å². The van der Waals surface area contributed by atoms with E-state index in [9.17, 15) is 13.2 Å². The van der Waals surface area contributed by atoms with Crippen LogP contribution in [0.5, 0.6) is 0 Å². The molecule has 134 valence electrons. The number of nitrogens with zero attached hydrogens (tertiary/aromatic N) is 3. The first kappa shape index (κ1) is 19.2. The van der Waals surface area contributed by atoms with Gasteiger partial charge in [-0.15, -0.1) is 0 Å². The van der Waals surface area contributed by atoms with Gasteiger partial charge in [-0.2, -0.15) is 18.4 Å². The van der Waals surface area contributed by atoms with Gasteiger partial charge in [0.25, 0.3) is 0 Å². The zero-order valence-electron chi connectivity index (χ0n) is 13.5. The summed E-state index contributed by atoms with van der Waals surface area (Å²) >= 11 is 5.74. The summed E-state index contributed by atoms with van der Waals surface area (Å²) in [7, 11) is 2.02. The van der Waals surface area contributed by atoms with E-state index in [1.807, 2.05) is 7.05 Å². The number of allylic oxidation sites excluding steroid dienone is 1. The number of rotatable bonds is 4. The van der Waals surface area contributed by atoms with E-state index in [0.717, 1.165) is 38.2 Å². The summed E-state index contributed by atoms with van der Waals surface area (Å²) in [5.74, 6) is 0. The maximum atomic E-state index is 13.1. The molecule has 1 aromatic rings. The van der Waals surface area contributed by atoms with Crippen molar-refractivity contribution in [1.82, 2.24) is 15.2 Å². The third-order valence-electron chi connectivity index (χ3n) is 4.04. The number of nitriles is 1. The summed E-state index contributed by atoms with van der Waals surface area (Å²) < 4.78 is 39.4. The Balaban J connectivity index is 2.31. The van der Waals surface area contributed by atoms with E-state index in [1.165, 1.54) is 12.3 Å². The van der Waals surface area contributed by atoms with Gasteiger partial charge in [-0.1, -0.05) is 11.6 Å². The predicted molar refractivity (Wildman–Crippen MR) is 89.4 cm³/mol. The van der Waals surface area contributed by atoms with Crippen LogP contribution in [0.3, 0.4) is 0 Å². The Labute approximate surface area is 148 Å². The van der Waals surface area contributed by atoms with Gasteiger partial charge in [-0.25, -0.2) is 4.98 Å². The molecule has 0 atom stereocenters. The third kappa shape index (κ3) is 4.71. The average molecular weight is 372 g/mol. The van der Waals surface area contributed by atoms with Crippen molar-refractivity contribution in [2.75, 3.05) is 20.1 Å². The van der Waals surface area contributed by atoms with E-state index in [0.29, 0.717) is 0 Å². The number of hydrogen-bond acceptors (Lipinski definition) is 5. The topological polar surface area (TPSA) is 75.8 Å². The van der Waals surface area contributed by atoms with Gasteiger partial charge >= 0.3 is 6.18 Å². The minimum Gasteiger partial charge on any atom is -0.387 e. The second-order valence-corrected chi connectivity index (χ2v) is 6.18. The molecule has 5 nitrogen and oxygen atoms in total. The number of pyridine rings is 1. The van der Waals surface area contributed by atoms with Gasteiger partial charge in [-0.05, 0) is 39.0 Å². The van der Waals surface area contributed by atoms with Gasteiger partial charge in [-0.3, -0.25) is 0 Å². The molecule has 1 aliphatic rings. The summed E-state index contributed by atoms with van der Waals surface area (Å²) in [5.41, 5.74) is -1.81. The zero-order valence-corrected chi connectivity index (χ0v) is 14.2. The van der Waals surface area contributed by atoms with Crippen LogP contribution in [0, 0.1) is 16.7 Å². The highest BCUT2D eigenvalue weighted by Gasteiger charge is 2.36. The molecule has 0 saturated carbocycles. The van der Waals surface area contributed by atoms with E-state index in [-0.39, 0.29) is 17.3 Å². The maximum absolute atomic E-state index is 13.1.